The zero-order valence-electron chi connectivity index (χ0n) is 10.3. The van der Waals surface area contributed by atoms with Gasteiger partial charge in [-0.2, -0.15) is 4.31 Å². The van der Waals surface area contributed by atoms with Crippen LogP contribution in [0.15, 0.2) is 27.6 Å². The minimum Gasteiger partial charge on any atom is -0.312 e. The van der Waals surface area contributed by atoms with E-state index in [0.717, 1.165) is 4.47 Å². The van der Waals surface area contributed by atoms with Crippen molar-refractivity contribution in [2.45, 2.75) is 17.9 Å². The van der Waals surface area contributed by atoms with Crippen LogP contribution in [-0.2, 0) is 10.0 Å². The standard InChI is InChI=1S/C11H14BrClN2O2S.ClH/c1-8-7-15(5-4-14-8)18(16,17)11-3-2-9(12)6-10(11)13;/h2-3,6,8,14H,4-5,7H2,1H3;1H. The molecule has 1 heterocycles. The summed E-state index contributed by atoms with van der Waals surface area (Å²) in [5.74, 6) is 0. The molecule has 2 rings (SSSR count). The fourth-order valence-electron chi connectivity index (χ4n) is 1.94. The molecule has 1 unspecified atom stereocenters. The third kappa shape index (κ3) is 3.83. The van der Waals surface area contributed by atoms with Crippen molar-refractivity contribution in [2.75, 3.05) is 19.6 Å². The second-order valence-corrected chi connectivity index (χ2v) is 7.52. The number of benzene rings is 1. The maximum atomic E-state index is 12.5. The van der Waals surface area contributed by atoms with Crippen molar-refractivity contribution in [1.29, 1.82) is 0 Å². The molecule has 0 saturated carbocycles. The molecule has 1 aliphatic heterocycles. The van der Waals surface area contributed by atoms with Gasteiger partial charge < -0.3 is 5.32 Å². The summed E-state index contributed by atoms with van der Waals surface area (Å²) in [5.41, 5.74) is 0. The van der Waals surface area contributed by atoms with Gasteiger partial charge in [-0.25, -0.2) is 8.42 Å². The number of sulfonamides is 1. The van der Waals surface area contributed by atoms with Crippen LogP contribution < -0.4 is 5.32 Å². The molecule has 1 fully saturated rings. The highest BCUT2D eigenvalue weighted by atomic mass is 79.9. The van der Waals surface area contributed by atoms with Gasteiger partial charge in [-0.05, 0) is 25.1 Å². The Balaban J connectivity index is 0.00000180. The van der Waals surface area contributed by atoms with E-state index in [2.05, 4.69) is 21.2 Å². The van der Waals surface area contributed by atoms with E-state index < -0.39 is 10.0 Å². The van der Waals surface area contributed by atoms with Gasteiger partial charge >= 0.3 is 0 Å². The van der Waals surface area contributed by atoms with Crippen molar-refractivity contribution in [3.05, 3.63) is 27.7 Å². The molecule has 0 spiro atoms. The number of hydrogen-bond acceptors (Lipinski definition) is 3. The van der Waals surface area contributed by atoms with Gasteiger partial charge in [-0.15, -0.1) is 12.4 Å². The highest BCUT2D eigenvalue weighted by Crippen LogP contribution is 2.28. The molecular formula is C11H15BrCl2N2O2S. The van der Waals surface area contributed by atoms with Crippen LogP contribution in [0.2, 0.25) is 5.02 Å². The summed E-state index contributed by atoms with van der Waals surface area (Å²) in [4.78, 5) is 0.168. The first-order chi connectivity index (χ1) is 8.41. The van der Waals surface area contributed by atoms with E-state index in [1.807, 2.05) is 6.92 Å². The summed E-state index contributed by atoms with van der Waals surface area (Å²) < 4.78 is 27.2. The average molecular weight is 390 g/mol. The molecular weight excluding hydrogens is 375 g/mol. The molecule has 1 atom stereocenters. The van der Waals surface area contributed by atoms with E-state index in [9.17, 15) is 8.42 Å². The Bertz CT molecular complexity index is 554. The average Bonchev–Trinajstić information content (AvgIpc) is 2.28. The molecule has 8 heteroatoms. The van der Waals surface area contributed by atoms with Crippen LogP contribution in [0.4, 0.5) is 0 Å². The zero-order chi connectivity index (χ0) is 13.3. The van der Waals surface area contributed by atoms with Crippen molar-refractivity contribution in [3.8, 4) is 0 Å². The predicted molar refractivity (Wildman–Crippen MR) is 82.6 cm³/mol. The Kier molecular flexibility index (Phi) is 6.10. The van der Waals surface area contributed by atoms with Gasteiger partial charge in [0.25, 0.3) is 0 Å². The van der Waals surface area contributed by atoms with Crippen molar-refractivity contribution in [1.82, 2.24) is 9.62 Å². The first-order valence-corrected chi connectivity index (χ1v) is 8.21. The number of halogens is 3. The van der Waals surface area contributed by atoms with Crippen molar-refractivity contribution in [2.24, 2.45) is 0 Å². The van der Waals surface area contributed by atoms with Crippen LogP contribution in [0.1, 0.15) is 6.92 Å². The predicted octanol–water partition coefficient (Wildman–Crippen LogP) is 2.51. The zero-order valence-corrected chi connectivity index (χ0v) is 14.2. The fourth-order valence-corrected chi connectivity index (χ4v) is 4.48. The van der Waals surface area contributed by atoms with Gasteiger partial charge in [0.2, 0.25) is 10.0 Å². The van der Waals surface area contributed by atoms with Crippen LogP contribution in [0, 0.1) is 0 Å². The van der Waals surface area contributed by atoms with Crippen LogP contribution in [0.25, 0.3) is 0 Å². The molecule has 108 valence electrons. The van der Waals surface area contributed by atoms with Crippen molar-refractivity contribution >= 4 is 50.0 Å². The molecule has 1 aromatic rings. The molecule has 0 radical (unpaired) electrons. The summed E-state index contributed by atoms with van der Waals surface area (Å²) in [6.45, 7) is 3.56. The first-order valence-electron chi connectivity index (χ1n) is 5.60. The lowest BCUT2D eigenvalue weighted by atomic mass is 10.3. The second kappa shape index (κ2) is 6.74. The van der Waals surface area contributed by atoms with Crippen molar-refractivity contribution in [3.63, 3.8) is 0 Å². The quantitative estimate of drug-likeness (QED) is 0.845. The molecule has 1 aliphatic rings. The summed E-state index contributed by atoms with van der Waals surface area (Å²) in [5, 5.41) is 3.46. The van der Waals surface area contributed by atoms with Gasteiger partial charge in [0.05, 0.1) is 5.02 Å². The fraction of sp³-hybridized carbons (Fsp3) is 0.455. The number of rotatable bonds is 2. The molecule has 0 aliphatic carbocycles. The minimum absolute atomic E-state index is 0. The number of nitrogens with zero attached hydrogens (tertiary/aromatic N) is 1. The molecule has 19 heavy (non-hydrogen) atoms. The lowest BCUT2D eigenvalue weighted by molar-refractivity contribution is 0.310. The van der Waals surface area contributed by atoms with E-state index >= 15 is 0 Å². The summed E-state index contributed by atoms with van der Waals surface area (Å²) in [6.07, 6.45) is 0. The van der Waals surface area contributed by atoms with E-state index in [-0.39, 0.29) is 28.4 Å². The van der Waals surface area contributed by atoms with Gasteiger partial charge in [-0.1, -0.05) is 27.5 Å². The Morgan fingerprint density at radius 2 is 2.16 bits per heavy atom. The van der Waals surface area contributed by atoms with Crippen LogP contribution in [0.5, 0.6) is 0 Å². The topological polar surface area (TPSA) is 49.4 Å². The maximum Gasteiger partial charge on any atom is 0.244 e. The monoisotopic (exact) mass is 388 g/mol. The largest absolute Gasteiger partial charge is 0.312 e. The van der Waals surface area contributed by atoms with Crippen LogP contribution in [0.3, 0.4) is 0 Å². The second-order valence-electron chi connectivity index (χ2n) is 4.29. The Morgan fingerprint density at radius 3 is 2.74 bits per heavy atom. The lowest BCUT2D eigenvalue weighted by Gasteiger charge is -2.31. The minimum atomic E-state index is -3.50. The van der Waals surface area contributed by atoms with Crippen molar-refractivity contribution < 1.29 is 8.42 Å². The SMILES string of the molecule is CC1CN(S(=O)(=O)c2ccc(Br)cc2Cl)CCN1.Cl. The first kappa shape index (κ1) is 17.2. The van der Waals surface area contributed by atoms with Gasteiger partial charge in [0.1, 0.15) is 4.90 Å². The molecule has 1 aromatic carbocycles. The molecule has 4 nitrogen and oxygen atoms in total. The highest BCUT2D eigenvalue weighted by molar-refractivity contribution is 9.10. The maximum absolute atomic E-state index is 12.5. The molecule has 1 saturated heterocycles. The van der Waals surface area contributed by atoms with Gasteiger partial charge in [-0.3, -0.25) is 0 Å². The molecule has 0 bridgehead atoms. The lowest BCUT2D eigenvalue weighted by Crippen LogP contribution is -2.51. The summed E-state index contributed by atoms with van der Waals surface area (Å²) >= 11 is 9.28. The molecule has 0 aromatic heterocycles. The molecule has 0 amide bonds. The highest BCUT2D eigenvalue weighted by Gasteiger charge is 2.29. The molecule has 1 N–H and O–H groups in total. The van der Waals surface area contributed by atoms with Gasteiger partial charge in [0, 0.05) is 30.1 Å². The van der Waals surface area contributed by atoms with Crippen LogP contribution >= 0.6 is 39.9 Å². The third-order valence-electron chi connectivity index (χ3n) is 2.84. The Labute approximate surface area is 133 Å². The van der Waals surface area contributed by atoms with E-state index in [1.54, 1.807) is 12.1 Å². The van der Waals surface area contributed by atoms with Crippen LogP contribution in [-0.4, -0.2) is 38.4 Å². The number of piperazine rings is 1. The smallest absolute Gasteiger partial charge is 0.244 e. The van der Waals surface area contributed by atoms with E-state index in [4.69, 9.17) is 11.6 Å². The Hall–Kier alpha value is 0.150. The Morgan fingerprint density at radius 1 is 1.47 bits per heavy atom. The normalized spacial score (nSPS) is 20.9. The third-order valence-corrected chi connectivity index (χ3v) is 5.68. The summed E-state index contributed by atoms with van der Waals surface area (Å²) in [7, 11) is -3.50. The number of nitrogens with one attached hydrogen (secondary N) is 1. The summed E-state index contributed by atoms with van der Waals surface area (Å²) in [6, 6.07) is 4.97. The van der Waals surface area contributed by atoms with E-state index in [0.29, 0.717) is 19.6 Å². The number of hydrogen-bond donors (Lipinski definition) is 1. The van der Waals surface area contributed by atoms with E-state index in [1.165, 1.54) is 10.4 Å². The van der Waals surface area contributed by atoms with Gasteiger partial charge in [0.15, 0.2) is 0 Å².